The van der Waals surface area contributed by atoms with E-state index in [4.69, 9.17) is 9.47 Å². The summed E-state index contributed by atoms with van der Waals surface area (Å²) in [5.41, 5.74) is 0. The zero-order valence-corrected chi connectivity index (χ0v) is 46.8. The molecular weight excluding hydrogens is 887 g/mol. The van der Waals surface area contributed by atoms with Crippen molar-refractivity contribution in [1.82, 2.24) is 5.32 Å². The van der Waals surface area contributed by atoms with Crippen molar-refractivity contribution < 1.29 is 39.8 Å². The first kappa shape index (κ1) is 67.7. The Bertz CT molecular complexity index is 1170. The molecule has 9 nitrogen and oxygen atoms in total. The van der Waals surface area contributed by atoms with Gasteiger partial charge in [0.1, 0.15) is 24.4 Å². The van der Waals surface area contributed by atoms with Crippen molar-refractivity contribution in [2.24, 2.45) is 0 Å². The molecule has 1 aliphatic rings. The minimum Gasteiger partial charge on any atom is -0.394 e. The van der Waals surface area contributed by atoms with Gasteiger partial charge in [-0.3, -0.25) is 4.79 Å². The molecule has 0 aromatic heterocycles. The average Bonchev–Trinajstić information content (AvgIpc) is 3.37. The van der Waals surface area contributed by atoms with E-state index in [1.807, 2.05) is 6.08 Å². The van der Waals surface area contributed by atoms with Crippen LogP contribution in [0.15, 0.2) is 24.3 Å². The molecule has 1 saturated heterocycles. The van der Waals surface area contributed by atoms with E-state index in [-0.39, 0.29) is 12.5 Å². The van der Waals surface area contributed by atoms with Gasteiger partial charge in [-0.25, -0.2) is 0 Å². The summed E-state index contributed by atoms with van der Waals surface area (Å²) in [6.45, 7) is 3.81. The Hall–Kier alpha value is -1.33. The molecule has 7 atom stereocenters. The van der Waals surface area contributed by atoms with Crippen LogP contribution in [-0.4, -0.2) is 87.5 Å². The van der Waals surface area contributed by atoms with Crippen molar-refractivity contribution in [3.05, 3.63) is 24.3 Å². The quantitative estimate of drug-likeness (QED) is 0.0261. The van der Waals surface area contributed by atoms with Crippen LogP contribution in [0.25, 0.3) is 0 Å². The molecule has 0 aliphatic carbocycles. The number of aliphatic hydroxyl groups excluding tert-OH is 5. The van der Waals surface area contributed by atoms with Crippen molar-refractivity contribution in [2.75, 3.05) is 13.2 Å². The number of hydrogen-bond donors (Lipinski definition) is 6. The molecule has 1 fully saturated rings. The van der Waals surface area contributed by atoms with Crippen LogP contribution >= 0.6 is 0 Å². The van der Waals surface area contributed by atoms with Gasteiger partial charge in [0.05, 0.1) is 25.4 Å². The highest BCUT2D eigenvalue weighted by molar-refractivity contribution is 5.76. The van der Waals surface area contributed by atoms with Crippen LogP contribution in [0.2, 0.25) is 0 Å². The fourth-order valence-electron chi connectivity index (χ4n) is 10.1. The van der Waals surface area contributed by atoms with Crippen molar-refractivity contribution >= 4 is 5.91 Å². The lowest BCUT2D eigenvalue weighted by molar-refractivity contribution is -0.302. The Morgan fingerprint density at radius 1 is 0.465 bits per heavy atom. The van der Waals surface area contributed by atoms with Gasteiger partial charge in [0.25, 0.3) is 0 Å². The molecule has 0 bridgehead atoms. The van der Waals surface area contributed by atoms with Crippen LogP contribution in [0, 0.1) is 0 Å². The number of carbonyl (C=O) groups excluding carboxylic acids is 1. The molecule has 1 rings (SSSR count). The van der Waals surface area contributed by atoms with Crippen molar-refractivity contribution in [1.29, 1.82) is 0 Å². The molecule has 0 aromatic rings. The first-order valence-corrected chi connectivity index (χ1v) is 31.1. The second kappa shape index (κ2) is 52.1. The second-order valence-electron chi connectivity index (χ2n) is 21.9. The molecule has 0 aromatic carbocycles. The summed E-state index contributed by atoms with van der Waals surface area (Å²) >= 11 is 0. The number of allylic oxidation sites excluding steroid dienone is 3. The molecule has 71 heavy (non-hydrogen) atoms. The zero-order valence-electron chi connectivity index (χ0n) is 46.8. The number of carbonyl (C=O) groups is 1. The van der Waals surface area contributed by atoms with E-state index < -0.39 is 49.5 Å². The number of nitrogens with one attached hydrogen (secondary N) is 1. The van der Waals surface area contributed by atoms with Gasteiger partial charge in [0.2, 0.25) is 5.91 Å². The first-order valence-electron chi connectivity index (χ1n) is 31.1. The summed E-state index contributed by atoms with van der Waals surface area (Å²) < 4.78 is 11.3. The fraction of sp³-hybridized carbons (Fsp3) is 0.919. The maximum atomic E-state index is 13.1. The van der Waals surface area contributed by atoms with Crippen LogP contribution in [-0.2, 0) is 14.3 Å². The maximum absolute atomic E-state index is 13.1. The highest BCUT2D eigenvalue weighted by atomic mass is 16.7. The summed E-state index contributed by atoms with van der Waals surface area (Å²) in [5, 5.41) is 54.5. The Morgan fingerprint density at radius 2 is 0.803 bits per heavy atom. The standard InChI is InChI=1S/C62H119NO8/c1-3-5-7-9-11-13-15-17-19-21-23-24-25-26-27-28-29-30-31-32-34-36-38-40-42-44-46-48-50-52-58(66)63-55(54-70-62-61(69)60(68)59(67)57(53-64)71-62)56(65)51-49-47-45-43-41-39-37-35-33-22-20-18-16-14-12-10-8-6-4-2/h41,43,49,51,55-57,59-62,64-65,67-69H,3-40,42,44-48,50,52-54H2,1-2H3,(H,63,66)/b43-41+,51-49+. The number of rotatable bonds is 54. The molecule has 0 saturated carbocycles. The van der Waals surface area contributed by atoms with Crippen molar-refractivity contribution in [3.63, 3.8) is 0 Å². The number of unbranched alkanes of at least 4 members (excludes halogenated alkanes) is 42. The fourth-order valence-corrected chi connectivity index (χ4v) is 10.1. The lowest BCUT2D eigenvalue weighted by atomic mass is 9.99. The molecule has 1 aliphatic heterocycles. The summed E-state index contributed by atoms with van der Waals surface area (Å²) in [5.74, 6) is -0.180. The number of hydrogen-bond acceptors (Lipinski definition) is 8. The molecule has 7 unspecified atom stereocenters. The van der Waals surface area contributed by atoms with E-state index in [0.717, 1.165) is 38.5 Å². The molecule has 0 spiro atoms. The Kier molecular flexibility index (Phi) is 49.7. The van der Waals surface area contributed by atoms with Crippen LogP contribution in [0.4, 0.5) is 0 Å². The monoisotopic (exact) mass is 1010 g/mol. The summed E-state index contributed by atoms with van der Waals surface area (Å²) in [6.07, 6.45) is 59.8. The van der Waals surface area contributed by atoms with Gasteiger partial charge in [0.15, 0.2) is 6.29 Å². The summed E-state index contributed by atoms with van der Waals surface area (Å²) in [6, 6.07) is -0.819. The predicted molar refractivity (Wildman–Crippen MR) is 300 cm³/mol. The summed E-state index contributed by atoms with van der Waals surface area (Å²) in [4.78, 5) is 13.1. The van der Waals surface area contributed by atoms with Gasteiger partial charge in [-0.15, -0.1) is 0 Å². The third kappa shape index (κ3) is 41.6. The van der Waals surface area contributed by atoms with E-state index in [1.165, 1.54) is 250 Å². The van der Waals surface area contributed by atoms with Gasteiger partial charge < -0.3 is 40.3 Å². The number of ether oxygens (including phenoxy) is 2. The topological polar surface area (TPSA) is 149 Å². The smallest absolute Gasteiger partial charge is 0.220 e. The lowest BCUT2D eigenvalue weighted by Gasteiger charge is -2.40. The van der Waals surface area contributed by atoms with Gasteiger partial charge >= 0.3 is 0 Å². The molecule has 1 amide bonds. The molecule has 1 heterocycles. The van der Waals surface area contributed by atoms with Crippen molar-refractivity contribution in [3.8, 4) is 0 Å². The number of amides is 1. The lowest BCUT2D eigenvalue weighted by Crippen LogP contribution is -2.60. The first-order chi connectivity index (χ1) is 34.8. The van der Waals surface area contributed by atoms with Crippen LogP contribution in [0.3, 0.4) is 0 Å². The van der Waals surface area contributed by atoms with Gasteiger partial charge in [0, 0.05) is 6.42 Å². The minimum atomic E-state index is -1.57. The zero-order chi connectivity index (χ0) is 51.5. The van der Waals surface area contributed by atoms with Gasteiger partial charge in [-0.2, -0.15) is 0 Å². The summed E-state index contributed by atoms with van der Waals surface area (Å²) in [7, 11) is 0. The third-order valence-electron chi connectivity index (χ3n) is 15.0. The second-order valence-corrected chi connectivity index (χ2v) is 21.9. The molecule has 0 radical (unpaired) electrons. The predicted octanol–water partition coefficient (Wildman–Crippen LogP) is 15.7. The van der Waals surface area contributed by atoms with Gasteiger partial charge in [-0.1, -0.05) is 295 Å². The molecular formula is C62H119NO8. The molecule has 6 N–H and O–H groups in total. The van der Waals surface area contributed by atoms with Crippen LogP contribution < -0.4 is 5.32 Å². The number of aliphatic hydroxyl groups is 5. The molecule has 9 heteroatoms. The Morgan fingerprint density at radius 3 is 1.18 bits per heavy atom. The highest BCUT2D eigenvalue weighted by Gasteiger charge is 2.44. The van der Waals surface area contributed by atoms with E-state index in [1.54, 1.807) is 6.08 Å². The van der Waals surface area contributed by atoms with E-state index in [2.05, 4.69) is 31.3 Å². The third-order valence-corrected chi connectivity index (χ3v) is 15.0. The normalized spacial score (nSPS) is 19.3. The van der Waals surface area contributed by atoms with Gasteiger partial charge in [-0.05, 0) is 32.1 Å². The van der Waals surface area contributed by atoms with Crippen molar-refractivity contribution in [2.45, 2.75) is 352 Å². The Balaban J connectivity index is 2.17. The minimum absolute atomic E-state index is 0.180. The highest BCUT2D eigenvalue weighted by Crippen LogP contribution is 2.23. The average molecular weight is 1010 g/mol. The van der Waals surface area contributed by atoms with E-state index in [9.17, 15) is 30.3 Å². The van der Waals surface area contributed by atoms with Crippen LogP contribution in [0.1, 0.15) is 309 Å². The maximum Gasteiger partial charge on any atom is 0.220 e. The largest absolute Gasteiger partial charge is 0.394 e. The van der Waals surface area contributed by atoms with E-state index >= 15 is 0 Å². The van der Waals surface area contributed by atoms with E-state index in [0.29, 0.717) is 6.42 Å². The SMILES string of the molecule is CCCCCCCCCCCCCCC/C=C/CC/C=C/C(O)C(COC1OC(CO)C(O)C(O)C1O)NC(=O)CCCCCCCCCCCCCCCCCCCCCCCCCCCCCCC. The Labute approximate surface area is 439 Å². The van der Waals surface area contributed by atoms with Crippen LogP contribution in [0.5, 0.6) is 0 Å². The molecule has 420 valence electrons.